The van der Waals surface area contributed by atoms with Crippen molar-refractivity contribution in [1.29, 1.82) is 5.26 Å². The predicted molar refractivity (Wildman–Crippen MR) is 133 cm³/mol. The number of hydrogen-bond donors (Lipinski definition) is 1. The summed E-state index contributed by atoms with van der Waals surface area (Å²) < 4.78 is 8.14. The largest absolute Gasteiger partial charge is 0.443 e. The van der Waals surface area contributed by atoms with Gasteiger partial charge >= 0.3 is 6.09 Å². The van der Waals surface area contributed by atoms with E-state index in [0.717, 1.165) is 56.0 Å². The van der Waals surface area contributed by atoms with Gasteiger partial charge in [0.05, 0.1) is 27.7 Å². The van der Waals surface area contributed by atoms with E-state index in [9.17, 15) is 4.79 Å². The van der Waals surface area contributed by atoms with Crippen LogP contribution >= 0.6 is 11.6 Å². The van der Waals surface area contributed by atoms with Crippen molar-refractivity contribution >= 4 is 40.2 Å². The molecule has 1 N–H and O–H groups in total. The number of fused-ring (bicyclic) bond motifs is 3. The summed E-state index contributed by atoms with van der Waals surface area (Å²) in [4.78, 5) is 24.0. The summed E-state index contributed by atoms with van der Waals surface area (Å²) in [5, 5.41) is 13.7. The molecule has 2 unspecified atom stereocenters. The smallest absolute Gasteiger partial charge is 0.410 e. The molecule has 6 rings (SSSR count). The molecule has 4 heterocycles. The first-order valence-electron chi connectivity index (χ1n) is 12.2. The highest BCUT2D eigenvalue weighted by atomic mass is 35.5. The first kappa shape index (κ1) is 22.2. The summed E-state index contributed by atoms with van der Waals surface area (Å²) in [6.45, 7) is 2.05. The standard InChI is InChI=1S/C26H27ClN6O2/c1-26(8-2-9-26)35-25(34)33-17-4-5-18(33)13-19(12-17)32-10-7-20-23(29-15-30-24(20)32)31-22-6-3-16(14-28)11-21(22)27/h3,6-7,10-11,15,17-19H,2,4-5,8-9,12-13H2,1H3,(H,29,30,31)/t17-,18?,19?/m0/s1. The Morgan fingerprint density at radius 2 is 1.97 bits per heavy atom. The van der Waals surface area contributed by atoms with E-state index in [1.165, 1.54) is 0 Å². The first-order chi connectivity index (χ1) is 16.9. The van der Waals surface area contributed by atoms with Gasteiger partial charge in [0, 0.05) is 24.3 Å². The molecular formula is C26H27ClN6O2. The molecular weight excluding hydrogens is 464 g/mol. The number of anilines is 2. The van der Waals surface area contributed by atoms with Crippen LogP contribution in [0.3, 0.4) is 0 Å². The molecule has 180 valence electrons. The molecule has 2 saturated heterocycles. The van der Waals surface area contributed by atoms with Gasteiger partial charge in [-0.15, -0.1) is 0 Å². The number of nitriles is 1. The number of benzene rings is 1. The van der Waals surface area contributed by atoms with Gasteiger partial charge in [0.15, 0.2) is 0 Å². The molecule has 3 aromatic rings. The van der Waals surface area contributed by atoms with Crippen LogP contribution in [0.5, 0.6) is 0 Å². The molecule has 0 spiro atoms. The summed E-state index contributed by atoms with van der Waals surface area (Å²) in [6, 6.07) is 9.90. The van der Waals surface area contributed by atoms with Crippen LogP contribution in [0.25, 0.3) is 11.0 Å². The van der Waals surface area contributed by atoms with E-state index in [2.05, 4.69) is 32.1 Å². The monoisotopic (exact) mass is 490 g/mol. The van der Waals surface area contributed by atoms with E-state index >= 15 is 0 Å². The lowest BCUT2D eigenvalue weighted by molar-refractivity contribution is -0.0577. The molecule has 1 aromatic carbocycles. The van der Waals surface area contributed by atoms with Crippen LogP contribution in [0.1, 0.15) is 63.5 Å². The molecule has 2 aromatic heterocycles. The third kappa shape index (κ3) is 3.88. The maximum absolute atomic E-state index is 13.0. The fraction of sp³-hybridized carbons (Fsp3) is 0.462. The third-order valence-electron chi connectivity index (χ3n) is 7.92. The number of carbonyl (C=O) groups is 1. The zero-order chi connectivity index (χ0) is 24.2. The Labute approximate surface area is 208 Å². The van der Waals surface area contributed by atoms with Gasteiger partial charge in [0.25, 0.3) is 0 Å². The quantitative estimate of drug-likeness (QED) is 0.485. The number of rotatable bonds is 4. The number of nitrogens with one attached hydrogen (secondary N) is 1. The zero-order valence-electron chi connectivity index (χ0n) is 19.6. The fourth-order valence-electron chi connectivity index (χ4n) is 5.89. The number of nitrogens with zero attached hydrogens (tertiary/aromatic N) is 5. The number of amides is 1. The minimum atomic E-state index is -0.276. The number of halogens is 1. The molecule has 2 bridgehead atoms. The zero-order valence-corrected chi connectivity index (χ0v) is 20.3. The van der Waals surface area contributed by atoms with Crippen molar-refractivity contribution in [2.24, 2.45) is 0 Å². The normalized spacial score (nSPS) is 24.6. The van der Waals surface area contributed by atoms with Crippen molar-refractivity contribution in [3.8, 4) is 6.07 Å². The third-order valence-corrected chi connectivity index (χ3v) is 8.23. The van der Waals surface area contributed by atoms with Gasteiger partial charge in [0.1, 0.15) is 23.4 Å². The predicted octanol–water partition coefficient (Wildman–Crippen LogP) is 5.95. The summed E-state index contributed by atoms with van der Waals surface area (Å²) in [5.74, 6) is 0.665. The minimum absolute atomic E-state index is 0.136. The lowest BCUT2D eigenvalue weighted by Crippen LogP contribution is -2.50. The van der Waals surface area contributed by atoms with Crippen LogP contribution in [0.15, 0.2) is 36.8 Å². The molecule has 9 heteroatoms. The topological polar surface area (TPSA) is 96.1 Å². The Kier molecular flexibility index (Phi) is 5.33. The Balaban J connectivity index is 1.22. The van der Waals surface area contributed by atoms with Gasteiger partial charge < -0.3 is 19.5 Å². The Morgan fingerprint density at radius 3 is 2.63 bits per heavy atom. The lowest BCUT2D eigenvalue weighted by atomic mass is 9.82. The number of carbonyl (C=O) groups excluding carboxylic acids is 1. The lowest BCUT2D eigenvalue weighted by Gasteiger charge is -2.43. The molecule has 1 saturated carbocycles. The van der Waals surface area contributed by atoms with Crippen LogP contribution < -0.4 is 5.32 Å². The number of piperidine rings is 1. The summed E-state index contributed by atoms with van der Waals surface area (Å²) in [6.07, 6.45) is 10.4. The SMILES string of the molecule is CC1(OC(=O)N2C3CC[C@H]2CC(n2ccc4c(Nc5ccc(C#N)cc5Cl)ncnc42)C3)CCC1. The maximum Gasteiger partial charge on any atom is 0.410 e. The highest BCUT2D eigenvalue weighted by molar-refractivity contribution is 6.33. The summed E-state index contributed by atoms with van der Waals surface area (Å²) in [7, 11) is 0. The molecule has 2 aliphatic heterocycles. The van der Waals surface area contributed by atoms with Crippen molar-refractivity contribution in [3.05, 3.63) is 47.4 Å². The van der Waals surface area contributed by atoms with Crippen LogP contribution in [0, 0.1) is 11.3 Å². The average molecular weight is 491 g/mol. The van der Waals surface area contributed by atoms with Crippen molar-refractivity contribution in [2.75, 3.05) is 5.32 Å². The highest BCUT2D eigenvalue weighted by Gasteiger charge is 2.47. The second-order valence-corrected chi connectivity index (χ2v) is 10.6. The number of aromatic nitrogens is 3. The Hall–Kier alpha value is -3.31. The van der Waals surface area contributed by atoms with Crippen molar-refractivity contribution in [2.45, 2.75) is 75.6 Å². The average Bonchev–Trinajstić information content (AvgIpc) is 3.38. The second-order valence-electron chi connectivity index (χ2n) is 10.2. The summed E-state index contributed by atoms with van der Waals surface area (Å²) in [5.41, 5.74) is 1.77. The fourth-order valence-corrected chi connectivity index (χ4v) is 6.12. The van der Waals surface area contributed by atoms with Gasteiger partial charge in [-0.25, -0.2) is 14.8 Å². The molecule has 3 aliphatic rings. The van der Waals surface area contributed by atoms with E-state index in [1.807, 2.05) is 17.9 Å². The Morgan fingerprint density at radius 1 is 1.20 bits per heavy atom. The van der Waals surface area contributed by atoms with E-state index < -0.39 is 0 Å². The highest BCUT2D eigenvalue weighted by Crippen LogP contribution is 2.44. The van der Waals surface area contributed by atoms with E-state index in [4.69, 9.17) is 21.6 Å². The van der Waals surface area contributed by atoms with E-state index in [1.54, 1.807) is 24.5 Å². The molecule has 1 aliphatic carbocycles. The van der Waals surface area contributed by atoms with E-state index in [-0.39, 0.29) is 29.8 Å². The molecule has 0 radical (unpaired) electrons. The Bertz CT molecular complexity index is 1330. The van der Waals surface area contributed by atoms with Gasteiger partial charge in [-0.2, -0.15) is 5.26 Å². The summed E-state index contributed by atoms with van der Waals surface area (Å²) >= 11 is 6.36. The van der Waals surface area contributed by atoms with Crippen LogP contribution in [-0.2, 0) is 4.74 Å². The van der Waals surface area contributed by atoms with Crippen LogP contribution in [0.2, 0.25) is 5.02 Å². The molecule has 1 amide bonds. The second kappa shape index (κ2) is 8.42. The minimum Gasteiger partial charge on any atom is -0.443 e. The van der Waals surface area contributed by atoms with Gasteiger partial charge in [0.2, 0.25) is 0 Å². The number of ether oxygens (including phenoxy) is 1. The first-order valence-corrected chi connectivity index (χ1v) is 12.6. The maximum atomic E-state index is 13.0. The van der Waals surface area contributed by atoms with E-state index in [0.29, 0.717) is 22.1 Å². The molecule has 8 nitrogen and oxygen atoms in total. The molecule has 35 heavy (non-hydrogen) atoms. The van der Waals surface area contributed by atoms with Crippen molar-refractivity contribution < 1.29 is 9.53 Å². The van der Waals surface area contributed by atoms with Crippen molar-refractivity contribution in [3.63, 3.8) is 0 Å². The van der Waals surface area contributed by atoms with Crippen LogP contribution in [-0.4, -0.2) is 43.2 Å². The number of hydrogen-bond acceptors (Lipinski definition) is 6. The van der Waals surface area contributed by atoms with Gasteiger partial charge in [-0.05, 0) is 76.1 Å². The van der Waals surface area contributed by atoms with Gasteiger partial charge in [-0.1, -0.05) is 11.6 Å². The van der Waals surface area contributed by atoms with Crippen molar-refractivity contribution in [1.82, 2.24) is 19.4 Å². The van der Waals surface area contributed by atoms with Crippen LogP contribution in [0.4, 0.5) is 16.3 Å². The molecule has 3 atom stereocenters. The molecule has 3 fully saturated rings. The van der Waals surface area contributed by atoms with Gasteiger partial charge in [-0.3, -0.25) is 0 Å².